The van der Waals surface area contributed by atoms with Gasteiger partial charge < -0.3 is 14.6 Å². The van der Waals surface area contributed by atoms with Gasteiger partial charge in [0.1, 0.15) is 0 Å². The summed E-state index contributed by atoms with van der Waals surface area (Å²) in [4.78, 5) is 10.7. The number of hydrogen-bond donors (Lipinski definition) is 1. The van der Waals surface area contributed by atoms with E-state index in [1.165, 1.54) is 6.92 Å². The van der Waals surface area contributed by atoms with Crippen molar-refractivity contribution in [3.63, 3.8) is 0 Å². The van der Waals surface area contributed by atoms with Gasteiger partial charge in [0.05, 0.1) is 12.2 Å². The number of carboxylic acid groups (broad SMARTS) is 1. The second-order valence-corrected chi connectivity index (χ2v) is 3.34. The van der Waals surface area contributed by atoms with E-state index in [-0.39, 0.29) is 12.2 Å². The Morgan fingerprint density at radius 2 is 1.83 bits per heavy atom. The van der Waals surface area contributed by atoms with Crippen LogP contribution in [0.5, 0.6) is 0 Å². The Bertz CT molecular complexity index is 179. The molecule has 0 aliphatic carbocycles. The Morgan fingerprint density at radius 3 is 2.17 bits per heavy atom. The molecule has 0 aromatic carbocycles. The van der Waals surface area contributed by atoms with Crippen molar-refractivity contribution in [1.82, 2.24) is 0 Å². The molecular formula is C8H14O4. The molecule has 0 saturated carbocycles. The van der Waals surface area contributed by atoms with Crippen molar-refractivity contribution < 1.29 is 19.4 Å². The number of rotatable bonds is 1. The monoisotopic (exact) mass is 174 g/mol. The van der Waals surface area contributed by atoms with E-state index in [0.29, 0.717) is 0 Å². The van der Waals surface area contributed by atoms with Crippen LogP contribution in [0.2, 0.25) is 0 Å². The van der Waals surface area contributed by atoms with Crippen molar-refractivity contribution in [2.45, 2.75) is 45.2 Å². The van der Waals surface area contributed by atoms with E-state index in [2.05, 4.69) is 0 Å². The maximum absolute atomic E-state index is 10.7. The number of carbonyl (C=O) groups is 1. The minimum Gasteiger partial charge on any atom is -0.477 e. The molecule has 0 amide bonds. The molecule has 0 unspecified atom stereocenters. The third-order valence-corrected chi connectivity index (χ3v) is 1.90. The lowest BCUT2D eigenvalue weighted by Gasteiger charge is -2.37. The van der Waals surface area contributed by atoms with Gasteiger partial charge in [0.15, 0.2) is 0 Å². The van der Waals surface area contributed by atoms with Crippen LogP contribution in [-0.2, 0) is 14.3 Å². The quantitative estimate of drug-likeness (QED) is 0.644. The maximum Gasteiger partial charge on any atom is 0.364 e. The molecule has 1 heterocycles. The van der Waals surface area contributed by atoms with Gasteiger partial charge in [-0.2, -0.15) is 0 Å². The Balaban J connectivity index is 2.71. The van der Waals surface area contributed by atoms with Gasteiger partial charge in [-0.05, 0) is 20.3 Å². The highest BCUT2D eigenvalue weighted by Crippen LogP contribution is 2.26. The van der Waals surface area contributed by atoms with Crippen LogP contribution in [0.4, 0.5) is 0 Å². The van der Waals surface area contributed by atoms with Crippen molar-refractivity contribution in [3.8, 4) is 0 Å². The summed E-state index contributed by atoms with van der Waals surface area (Å²) >= 11 is 0. The number of hydrogen-bond acceptors (Lipinski definition) is 3. The minimum absolute atomic E-state index is 0.0603. The van der Waals surface area contributed by atoms with Gasteiger partial charge in [-0.1, -0.05) is 0 Å². The molecule has 1 saturated heterocycles. The lowest BCUT2D eigenvalue weighted by atomic mass is 10.1. The van der Waals surface area contributed by atoms with E-state index in [1.54, 1.807) is 0 Å². The standard InChI is InChI=1S/C8H14O4/c1-5-4-6(2)12-8(3,11-5)7(9)10/h5-6H,4H2,1-3H3,(H,9,10)/t5-,6-/m0/s1. The van der Waals surface area contributed by atoms with Gasteiger partial charge in [0, 0.05) is 6.92 Å². The van der Waals surface area contributed by atoms with Crippen LogP contribution in [0.25, 0.3) is 0 Å². The SMILES string of the molecule is C[C@H]1C[C@H](C)OC(C)(C(=O)O)O1. The second-order valence-electron chi connectivity index (χ2n) is 3.34. The summed E-state index contributed by atoms with van der Waals surface area (Å²) in [6.07, 6.45) is 0.618. The maximum atomic E-state index is 10.7. The molecule has 0 spiro atoms. The highest BCUT2D eigenvalue weighted by molar-refractivity contribution is 5.75. The predicted octanol–water partition coefficient (Wildman–Crippen LogP) is 1.00. The van der Waals surface area contributed by atoms with Gasteiger partial charge in [0.2, 0.25) is 0 Å². The highest BCUT2D eigenvalue weighted by Gasteiger charge is 2.42. The molecule has 12 heavy (non-hydrogen) atoms. The molecule has 4 heteroatoms. The van der Waals surface area contributed by atoms with E-state index in [0.717, 1.165) is 6.42 Å². The lowest BCUT2D eigenvalue weighted by molar-refractivity contribution is -0.295. The van der Waals surface area contributed by atoms with Crippen LogP contribution in [0.15, 0.2) is 0 Å². The van der Waals surface area contributed by atoms with Gasteiger partial charge in [-0.25, -0.2) is 4.79 Å². The van der Waals surface area contributed by atoms with Crippen LogP contribution >= 0.6 is 0 Å². The average molecular weight is 174 g/mol. The Morgan fingerprint density at radius 1 is 1.42 bits per heavy atom. The first kappa shape index (κ1) is 9.48. The third kappa shape index (κ3) is 1.76. The molecule has 0 radical (unpaired) electrons. The van der Waals surface area contributed by atoms with Crippen LogP contribution in [-0.4, -0.2) is 29.1 Å². The Hall–Kier alpha value is -0.610. The molecule has 0 bridgehead atoms. The zero-order chi connectivity index (χ0) is 9.35. The Labute approximate surface area is 71.5 Å². The van der Waals surface area contributed by atoms with Crippen LogP contribution in [0.1, 0.15) is 27.2 Å². The molecule has 1 fully saturated rings. The summed E-state index contributed by atoms with van der Waals surface area (Å²) in [7, 11) is 0. The Kier molecular flexibility index (Phi) is 2.39. The van der Waals surface area contributed by atoms with Crippen LogP contribution in [0, 0.1) is 0 Å². The normalized spacial score (nSPS) is 42.6. The topological polar surface area (TPSA) is 55.8 Å². The van der Waals surface area contributed by atoms with Crippen molar-refractivity contribution in [1.29, 1.82) is 0 Å². The van der Waals surface area contributed by atoms with Crippen molar-refractivity contribution in [2.24, 2.45) is 0 Å². The molecule has 1 aliphatic heterocycles. The predicted molar refractivity (Wildman–Crippen MR) is 41.8 cm³/mol. The van der Waals surface area contributed by atoms with Crippen LogP contribution in [0.3, 0.4) is 0 Å². The van der Waals surface area contributed by atoms with Gasteiger partial charge in [-0.3, -0.25) is 0 Å². The largest absolute Gasteiger partial charge is 0.477 e. The van der Waals surface area contributed by atoms with Crippen molar-refractivity contribution in [3.05, 3.63) is 0 Å². The van der Waals surface area contributed by atoms with E-state index in [4.69, 9.17) is 14.6 Å². The van der Waals surface area contributed by atoms with E-state index >= 15 is 0 Å². The molecule has 0 aromatic heterocycles. The third-order valence-electron chi connectivity index (χ3n) is 1.90. The van der Waals surface area contributed by atoms with Gasteiger partial charge in [0.25, 0.3) is 5.79 Å². The first-order chi connectivity index (χ1) is 5.44. The molecule has 4 nitrogen and oxygen atoms in total. The van der Waals surface area contributed by atoms with E-state index in [1.807, 2.05) is 13.8 Å². The lowest BCUT2D eigenvalue weighted by Crippen LogP contribution is -2.50. The summed E-state index contributed by atoms with van der Waals surface area (Å²) in [5.41, 5.74) is 0. The highest BCUT2D eigenvalue weighted by atomic mass is 16.7. The fourth-order valence-corrected chi connectivity index (χ4v) is 1.46. The van der Waals surface area contributed by atoms with Crippen molar-refractivity contribution in [2.75, 3.05) is 0 Å². The molecule has 1 rings (SSSR count). The minimum atomic E-state index is -1.46. The summed E-state index contributed by atoms with van der Waals surface area (Å²) in [6, 6.07) is 0. The average Bonchev–Trinajstić information content (AvgIpc) is 1.82. The van der Waals surface area contributed by atoms with Gasteiger partial charge >= 0.3 is 5.97 Å². The van der Waals surface area contributed by atoms with E-state index < -0.39 is 11.8 Å². The summed E-state index contributed by atoms with van der Waals surface area (Å²) in [6.45, 7) is 5.13. The molecule has 1 aliphatic rings. The van der Waals surface area contributed by atoms with Crippen LogP contribution < -0.4 is 0 Å². The first-order valence-corrected chi connectivity index (χ1v) is 4.03. The number of ether oxygens (including phenoxy) is 2. The second kappa shape index (κ2) is 3.03. The molecule has 2 atom stereocenters. The summed E-state index contributed by atoms with van der Waals surface area (Å²) in [5, 5.41) is 8.78. The smallest absolute Gasteiger partial charge is 0.364 e. The molecule has 70 valence electrons. The summed E-state index contributed by atoms with van der Waals surface area (Å²) in [5.74, 6) is -2.53. The molecular weight excluding hydrogens is 160 g/mol. The first-order valence-electron chi connectivity index (χ1n) is 4.03. The molecule has 0 aromatic rings. The zero-order valence-electron chi connectivity index (χ0n) is 7.53. The summed E-state index contributed by atoms with van der Waals surface area (Å²) < 4.78 is 10.4. The number of carboxylic acids is 1. The van der Waals surface area contributed by atoms with Gasteiger partial charge in [-0.15, -0.1) is 0 Å². The molecule has 1 N–H and O–H groups in total. The number of aliphatic carboxylic acids is 1. The zero-order valence-corrected chi connectivity index (χ0v) is 7.53. The fourth-order valence-electron chi connectivity index (χ4n) is 1.46. The fraction of sp³-hybridized carbons (Fsp3) is 0.875. The van der Waals surface area contributed by atoms with Crippen molar-refractivity contribution >= 4 is 5.97 Å². The van der Waals surface area contributed by atoms with E-state index in [9.17, 15) is 4.79 Å².